The van der Waals surface area contributed by atoms with Crippen molar-refractivity contribution < 1.29 is 9.59 Å². The second kappa shape index (κ2) is 7.30. The monoisotopic (exact) mass is 376 g/mol. The highest BCUT2D eigenvalue weighted by Gasteiger charge is 2.16. The molecular weight excluding hydrogens is 356 g/mol. The molecule has 0 saturated heterocycles. The van der Waals surface area contributed by atoms with Crippen LogP contribution in [0.3, 0.4) is 0 Å². The van der Waals surface area contributed by atoms with Gasteiger partial charge in [-0.25, -0.2) is 0 Å². The van der Waals surface area contributed by atoms with Crippen LogP contribution < -0.4 is 5.32 Å². The van der Waals surface area contributed by atoms with E-state index in [1.54, 1.807) is 6.20 Å². The summed E-state index contributed by atoms with van der Waals surface area (Å²) in [4.78, 5) is 23.6. The summed E-state index contributed by atoms with van der Waals surface area (Å²) in [6.07, 6.45) is 9.68. The van der Waals surface area contributed by atoms with E-state index in [4.69, 9.17) is 0 Å². The standard InChI is InChI=1S/C18H21BrN2O2/c19-14-7-8-17-16(9-14)13(12-22)10-21(17)11-18(23)20-15-5-3-1-2-4-6-15/h7-10,12,15H,1-6,11H2,(H,20,23). The number of hydrogen-bond donors (Lipinski definition) is 1. The Bertz CT molecular complexity index is 715. The zero-order valence-electron chi connectivity index (χ0n) is 13.1. The summed E-state index contributed by atoms with van der Waals surface area (Å²) in [5.74, 6) is 0.0224. The van der Waals surface area contributed by atoms with Gasteiger partial charge in [0.05, 0.1) is 0 Å². The maximum Gasteiger partial charge on any atom is 0.240 e. The number of rotatable bonds is 4. The molecule has 0 radical (unpaired) electrons. The van der Waals surface area contributed by atoms with Crippen LogP contribution in [0.1, 0.15) is 48.9 Å². The van der Waals surface area contributed by atoms with E-state index in [1.807, 2.05) is 22.8 Å². The van der Waals surface area contributed by atoms with Crippen molar-refractivity contribution in [3.63, 3.8) is 0 Å². The lowest BCUT2D eigenvalue weighted by Gasteiger charge is -2.16. The minimum Gasteiger partial charge on any atom is -0.352 e. The smallest absolute Gasteiger partial charge is 0.240 e. The minimum atomic E-state index is 0.0224. The van der Waals surface area contributed by atoms with Crippen LogP contribution in [0.2, 0.25) is 0 Å². The van der Waals surface area contributed by atoms with E-state index in [2.05, 4.69) is 21.2 Å². The molecule has 122 valence electrons. The molecule has 1 aliphatic rings. The first-order valence-electron chi connectivity index (χ1n) is 8.20. The number of amides is 1. The molecule has 2 aromatic rings. The van der Waals surface area contributed by atoms with E-state index < -0.39 is 0 Å². The Hall–Kier alpha value is -1.62. The topological polar surface area (TPSA) is 51.1 Å². The van der Waals surface area contributed by atoms with Crippen molar-refractivity contribution in [3.8, 4) is 0 Å². The molecular formula is C18H21BrN2O2. The third-order valence-corrected chi connectivity index (χ3v) is 5.03. The highest BCUT2D eigenvalue weighted by atomic mass is 79.9. The van der Waals surface area contributed by atoms with Crippen LogP contribution >= 0.6 is 15.9 Å². The Morgan fingerprint density at radius 2 is 2.00 bits per heavy atom. The van der Waals surface area contributed by atoms with Gasteiger partial charge in [0, 0.05) is 33.2 Å². The number of nitrogens with zero attached hydrogens (tertiary/aromatic N) is 1. The second-order valence-electron chi connectivity index (χ2n) is 6.25. The molecule has 1 heterocycles. The molecule has 0 spiro atoms. The fourth-order valence-electron chi connectivity index (χ4n) is 3.37. The zero-order valence-corrected chi connectivity index (χ0v) is 14.6. The lowest BCUT2D eigenvalue weighted by Crippen LogP contribution is -2.36. The molecule has 1 fully saturated rings. The van der Waals surface area contributed by atoms with Gasteiger partial charge in [-0.15, -0.1) is 0 Å². The Labute approximate surface area is 144 Å². The molecule has 1 aliphatic carbocycles. The van der Waals surface area contributed by atoms with Crippen molar-refractivity contribution in [2.24, 2.45) is 0 Å². The molecule has 23 heavy (non-hydrogen) atoms. The van der Waals surface area contributed by atoms with Crippen LogP contribution in [0.5, 0.6) is 0 Å². The molecule has 1 N–H and O–H groups in total. The summed E-state index contributed by atoms with van der Waals surface area (Å²) in [6, 6.07) is 6.08. The summed E-state index contributed by atoms with van der Waals surface area (Å²) in [7, 11) is 0. The molecule has 3 rings (SSSR count). The number of fused-ring (bicyclic) bond motifs is 1. The number of hydrogen-bond acceptors (Lipinski definition) is 2. The predicted octanol–water partition coefficient (Wildman–Crippen LogP) is 4.06. The number of carbonyl (C=O) groups excluding carboxylic acids is 2. The molecule has 1 aromatic carbocycles. The number of carbonyl (C=O) groups is 2. The third kappa shape index (κ3) is 3.83. The quantitative estimate of drug-likeness (QED) is 0.646. The van der Waals surface area contributed by atoms with Gasteiger partial charge in [-0.3, -0.25) is 9.59 Å². The van der Waals surface area contributed by atoms with E-state index in [0.29, 0.717) is 11.6 Å². The summed E-state index contributed by atoms with van der Waals surface area (Å²) >= 11 is 3.42. The fourth-order valence-corrected chi connectivity index (χ4v) is 3.73. The van der Waals surface area contributed by atoms with Crippen LogP contribution in [0.4, 0.5) is 0 Å². The van der Waals surface area contributed by atoms with Crippen molar-refractivity contribution in [1.82, 2.24) is 9.88 Å². The van der Waals surface area contributed by atoms with E-state index >= 15 is 0 Å². The van der Waals surface area contributed by atoms with Gasteiger partial charge in [-0.2, -0.15) is 0 Å². The van der Waals surface area contributed by atoms with Crippen molar-refractivity contribution in [2.75, 3.05) is 0 Å². The molecule has 1 aromatic heterocycles. The minimum absolute atomic E-state index is 0.0224. The van der Waals surface area contributed by atoms with Gasteiger partial charge >= 0.3 is 0 Å². The molecule has 1 saturated carbocycles. The van der Waals surface area contributed by atoms with Gasteiger partial charge in [-0.05, 0) is 31.0 Å². The van der Waals surface area contributed by atoms with Crippen LogP contribution in [0.15, 0.2) is 28.9 Å². The van der Waals surface area contributed by atoms with E-state index in [1.165, 1.54) is 25.7 Å². The van der Waals surface area contributed by atoms with Gasteiger partial charge in [0.2, 0.25) is 5.91 Å². The van der Waals surface area contributed by atoms with Crippen molar-refractivity contribution in [3.05, 3.63) is 34.4 Å². The van der Waals surface area contributed by atoms with Crippen LogP contribution in [0.25, 0.3) is 10.9 Å². The predicted molar refractivity (Wildman–Crippen MR) is 94.7 cm³/mol. The summed E-state index contributed by atoms with van der Waals surface area (Å²) in [5.41, 5.74) is 1.52. The van der Waals surface area contributed by atoms with E-state index in [9.17, 15) is 9.59 Å². The van der Waals surface area contributed by atoms with Crippen LogP contribution in [0, 0.1) is 0 Å². The zero-order chi connectivity index (χ0) is 16.2. The fraction of sp³-hybridized carbons (Fsp3) is 0.444. The SMILES string of the molecule is O=Cc1cn(CC(=O)NC2CCCCCC2)c2ccc(Br)cc12. The molecule has 0 atom stereocenters. The molecule has 0 bridgehead atoms. The summed E-state index contributed by atoms with van der Waals surface area (Å²) in [5, 5.41) is 4.03. The average Bonchev–Trinajstić information content (AvgIpc) is 2.70. The first-order chi connectivity index (χ1) is 11.2. The Kier molecular flexibility index (Phi) is 5.16. The lowest BCUT2D eigenvalue weighted by atomic mass is 10.1. The summed E-state index contributed by atoms with van der Waals surface area (Å²) < 4.78 is 2.78. The largest absolute Gasteiger partial charge is 0.352 e. The highest BCUT2D eigenvalue weighted by molar-refractivity contribution is 9.10. The lowest BCUT2D eigenvalue weighted by molar-refractivity contribution is -0.122. The Morgan fingerprint density at radius 1 is 1.26 bits per heavy atom. The van der Waals surface area contributed by atoms with E-state index in [0.717, 1.165) is 34.5 Å². The van der Waals surface area contributed by atoms with Crippen LogP contribution in [-0.4, -0.2) is 22.8 Å². The number of aromatic nitrogens is 1. The molecule has 0 aliphatic heterocycles. The molecule has 1 amide bonds. The maximum absolute atomic E-state index is 12.4. The molecule has 5 heteroatoms. The Morgan fingerprint density at radius 3 is 2.70 bits per heavy atom. The summed E-state index contributed by atoms with van der Waals surface area (Å²) in [6.45, 7) is 0.252. The van der Waals surface area contributed by atoms with Crippen molar-refractivity contribution in [1.29, 1.82) is 0 Å². The van der Waals surface area contributed by atoms with Gasteiger partial charge in [-0.1, -0.05) is 41.6 Å². The van der Waals surface area contributed by atoms with Gasteiger partial charge < -0.3 is 9.88 Å². The third-order valence-electron chi connectivity index (χ3n) is 4.54. The first kappa shape index (κ1) is 16.2. The number of nitrogens with one attached hydrogen (secondary N) is 1. The molecule has 4 nitrogen and oxygen atoms in total. The van der Waals surface area contributed by atoms with Gasteiger partial charge in [0.25, 0.3) is 0 Å². The number of aldehydes is 1. The van der Waals surface area contributed by atoms with Crippen molar-refractivity contribution >= 4 is 39.0 Å². The first-order valence-corrected chi connectivity index (χ1v) is 8.99. The normalized spacial score (nSPS) is 16.2. The van der Waals surface area contributed by atoms with Crippen LogP contribution in [-0.2, 0) is 11.3 Å². The van der Waals surface area contributed by atoms with Crippen molar-refractivity contribution in [2.45, 2.75) is 51.1 Å². The average molecular weight is 377 g/mol. The molecule has 0 unspecified atom stereocenters. The number of benzene rings is 1. The maximum atomic E-state index is 12.4. The highest BCUT2D eigenvalue weighted by Crippen LogP contribution is 2.24. The number of halogens is 1. The Balaban J connectivity index is 1.75. The second-order valence-corrected chi connectivity index (χ2v) is 7.16. The van der Waals surface area contributed by atoms with Gasteiger partial charge in [0.1, 0.15) is 6.54 Å². The van der Waals surface area contributed by atoms with Gasteiger partial charge in [0.15, 0.2) is 6.29 Å². The van der Waals surface area contributed by atoms with E-state index in [-0.39, 0.29) is 12.5 Å².